The lowest BCUT2D eigenvalue weighted by atomic mass is 10.3. The molecule has 6 heteroatoms. The van der Waals surface area contributed by atoms with Gasteiger partial charge in [0.2, 0.25) is 5.78 Å². The van der Waals surface area contributed by atoms with E-state index >= 15 is 0 Å². The van der Waals surface area contributed by atoms with Gasteiger partial charge in [-0.05, 0) is 6.08 Å². The van der Waals surface area contributed by atoms with E-state index in [0.29, 0.717) is 5.69 Å². The molecule has 2 aromatic rings. The molecule has 0 fully saturated rings. The molecule has 0 unspecified atom stereocenters. The van der Waals surface area contributed by atoms with E-state index in [1.165, 1.54) is 16.7 Å². The maximum atomic E-state index is 12.3. The fourth-order valence-corrected chi connectivity index (χ4v) is 1.15. The second-order valence-corrected chi connectivity index (χ2v) is 2.92. The number of fused-ring (bicyclic) bond motifs is 1. The van der Waals surface area contributed by atoms with Gasteiger partial charge < -0.3 is 0 Å². The Morgan fingerprint density at radius 1 is 1.33 bits per heavy atom. The smallest absolute Gasteiger partial charge is 0.290 e. The van der Waals surface area contributed by atoms with Crippen LogP contribution in [0.3, 0.4) is 0 Å². The lowest BCUT2D eigenvalue weighted by molar-refractivity contribution is -0.138. The van der Waals surface area contributed by atoms with Crippen LogP contribution in [0.2, 0.25) is 0 Å². The molecule has 0 amide bonds. The molecule has 0 saturated carbocycles. The molecule has 0 bridgehead atoms. The highest BCUT2D eigenvalue weighted by Crippen LogP contribution is 2.28. The van der Waals surface area contributed by atoms with Crippen LogP contribution in [-0.2, 0) is 6.18 Å². The highest BCUT2D eigenvalue weighted by Gasteiger charge is 2.31. The van der Waals surface area contributed by atoms with Crippen LogP contribution >= 0.6 is 0 Å². The molecular formula is C9H6F3N3. The van der Waals surface area contributed by atoms with E-state index in [1.807, 2.05) is 0 Å². The first kappa shape index (κ1) is 9.70. The second kappa shape index (κ2) is 3.08. The Morgan fingerprint density at radius 2 is 2.07 bits per heavy atom. The van der Waals surface area contributed by atoms with Gasteiger partial charge in [0.25, 0.3) is 0 Å². The quantitative estimate of drug-likeness (QED) is 0.728. The minimum atomic E-state index is -4.39. The Morgan fingerprint density at radius 3 is 2.67 bits per heavy atom. The maximum absolute atomic E-state index is 12.3. The zero-order valence-corrected chi connectivity index (χ0v) is 7.49. The molecule has 0 N–H and O–H groups in total. The minimum Gasteiger partial charge on any atom is -0.290 e. The Kier molecular flexibility index (Phi) is 1.99. The summed E-state index contributed by atoms with van der Waals surface area (Å²) in [5.41, 5.74) is -0.315. The summed E-state index contributed by atoms with van der Waals surface area (Å²) >= 11 is 0. The van der Waals surface area contributed by atoms with Gasteiger partial charge >= 0.3 is 6.18 Å². The number of imidazole rings is 1. The number of hydrogen-bond donors (Lipinski definition) is 0. The molecule has 0 saturated heterocycles. The molecule has 0 aromatic carbocycles. The number of halogens is 3. The van der Waals surface area contributed by atoms with Gasteiger partial charge in [0.15, 0.2) is 0 Å². The van der Waals surface area contributed by atoms with Gasteiger partial charge in [-0.15, -0.1) is 0 Å². The third-order valence-corrected chi connectivity index (χ3v) is 1.87. The first-order valence-corrected chi connectivity index (χ1v) is 4.05. The van der Waals surface area contributed by atoms with Gasteiger partial charge in [0.05, 0.1) is 11.3 Å². The van der Waals surface area contributed by atoms with Crippen LogP contribution in [-0.4, -0.2) is 14.4 Å². The van der Waals surface area contributed by atoms with Gasteiger partial charge in [-0.2, -0.15) is 13.2 Å². The van der Waals surface area contributed by atoms with Crippen LogP contribution in [0.4, 0.5) is 13.2 Å². The maximum Gasteiger partial charge on any atom is 0.419 e. The monoisotopic (exact) mass is 213 g/mol. The highest BCUT2D eigenvalue weighted by atomic mass is 19.4. The summed E-state index contributed by atoms with van der Waals surface area (Å²) in [6.07, 6.45) is 0.198. The SMILES string of the molecule is C=Cc1cn2cc(C(F)(F)F)cnc2n1. The number of nitrogens with zero attached hydrogens (tertiary/aromatic N) is 3. The number of hydrogen-bond acceptors (Lipinski definition) is 2. The van der Waals surface area contributed by atoms with Gasteiger partial charge in [-0.3, -0.25) is 4.40 Å². The Labute approximate surface area is 82.9 Å². The molecule has 15 heavy (non-hydrogen) atoms. The van der Waals surface area contributed by atoms with Crippen LogP contribution in [0.25, 0.3) is 11.9 Å². The third kappa shape index (κ3) is 1.70. The van der Waals surface area contributed by atoms with Crippen molar-refractivity contribution in [2.45, 2.75) is 6.18 Å². The number of aromatic nitrogens is 3. The Bertz CT molecular complexity index is 513. The van der Waals surface area contributed by atoms with Crippen molar-refractivity contribution >= 4 is 11.9 Å². The van der Waals surface area contributed by atoms with Gasteiger partial charge in [0.1, 0.15) is 0 Å². The lowest BCUT2D eigenvalue weighted by Gasteiger charge is -2.05. The molecule has 0 atom stereocenters. The summed E-state index contributed by atoms with van der Waals surface area (Å²) in [6.45, 7) is 3.47. The molecule has 78 valence electrons. The zero-order chi connectivity index (χ0) is 11.1. The predicted molar refractivity (Wildman–Crippen MR) is 48.1 cm³/mol. The standard InChI is InChI=1S/C9H6F3N3/c1-2-7-5-15-4-6(9(10,11)12)3-13-8(15)14-7/h2-5H,1H2. The normalized spacial score (nSPS) is 11.9. The zero-order valence-electron chi connectivity index (χ0n) is 7.49. The summed E-state index contributed by atoms with van der Waals surface area (Å²) in [7, 11) is 0. The second-order valence-electron chi connectivity index (χ2n) is 2.92. The van der Waals surface area contributed by atoms with Crippen molar-refractivity contribution in [3.8, 4) is 0 Å². The van der Waals surface area contributed by atoms with Gasteiger partial charge in [-0.1, -0.05) is 6.58 Å². The highest BCUT2D eigenvalue weighted by molar-refractivity contribution is 5.46. The van der Waals surface area contributed by atoms with Crippen molar-refractivity contribution in [2.75, 3.05) is 0 Å². The van der Waals surface area contributed by atoms with Crippen molar-refractivity contribution in [2.24, 2.45) is 0 Å². The topological polar surface area (TPSA) is 30.2 Å². The number of rotatable bonds is 1. The summed E-state index contributed by atoms with van der Waals surface area (Å²) in [4.78, 5) is 7.52. The van der Waals surface area contributed by atoms with E-state index < -0.39 is 11.7 Å². The number of alkyl halides is 3. The van der Waals surface area contributed by atoms with Crippen molar-refractivity contribution in [3.63, 3.8) is 0 Å². The van der Waals surface area contributed by atoms with Crippen LogP contribution in [0, 0.1) is 0 Å². The predicted octanol–water partition coefficient (Wildman–Crippen LogP) is 2.39. The van der Waals surface area contributed by atoms with Crippen molar-refractivity contribution in [1.29, 1.82) is 0 Å². The summed E-state index contributed by atoms with van der Waals surface area (Å²) in [5, 5.41) is 0. The van der Waals surface area contributed by atoms with Crippen LogP contribution in [0.15, 0.2) is 25.2 Å². The van der Waals surface area contributed by atoms with E-state index in [1.54, 1.807) is 0 Å². The largest absolute Gasteiger partial charge is 0.419 e. The molecule has 2 aromatic heterocycles. The molecule has 0 aliphatic heterocycles. The van der Waals surface area contributed by atoms with Crippen molar-refractivity contribution in [1.82, 2.24) is 14.4 Å². The average molecular weight is 213 g/mol. The van der Waals surface area contributed by atoms with E-state index in [-0.39, 0.29) is 5.78 Å². The molecule has 0 spiro atoms. The Hall–Kier alpha value is -1.85. The summed E-state index contributed by atoms with van der Waals surface area (Å²) in [6, 6.07) is 0. The molecule has 3 nitrogen and oxygen atoms in total. The first-order valence-electron chi connectivity index (χ1n) is 4.05. The molecule has 0 aliphatic carbocycles. The van der Waals surface area contributed by atoms with Crippen LogP contribution < -0.4 is 0 Å². The van der Waals surface area contributed by atoms with Crippen molar-refractivity contribution < 1.29 is 13.2 Å². The molecule has 0 radical (unpaired) electrons. The van der Waals surface area contributed by atoms with Crippen LogP contribution in [0.1, 0.15) is 11.3 Å². The van der Waals surface area contributed by atoms with E-state index in [2.05, 4.69) is 16.5 Å². The molecule has 2 heterocycles. The fraction of sp³-hybridized carbons (Fsp3) is 0.111. The lowest BCUT2D eigenvalue weighted by Crippen LogP contribution is -2.07. The summed E-state index contributed by atoms with van der Waals surface area (Å²) < 4.78 is 38.2. The Balaban J connectivity index is 2.60. The third-order valence-electron chi connectivity index (χ3n) is 1.87. The van der Waals surface area contributed by atoms with Gasteiger partial charge in [-0.25, -0.2) is 9.97 Å². The average Bonchev–Trinajstić information content (AvgIpc) is 2.57. The van der Waals surface area contributed by atoms with E-state index in [4.69, 9.17) is 0 Å². The van der Waals surface area contributed by atoms with E-state index in [9.17, 15) is 13.2 Å². The minimum absolute atomic E-state index is 0.220. The van der Waals surface area contributed by atoms with Crippen LogP contribution in [0.5, 0.6) is 0 Å². The van der Waals surface area contributed by atoms with Crippen molar-refractivity contribution in [3.05, 3.63) is 36.4 Å². The first-order chi connectivity index (χ1) is 7.00. The van der Waals surface area contributed by atoms with E-state index in [0.717, 1.165) is 12.4 Å². The molecule has 2 rings (SSSR count). The molecular weight excluding hydrogens is 207 g/mol. The van der Waals surface area contributed by atoms with Gasteiger partial charge in [0, 0.05) is 18.6 Å². The fourth-order valence-electron chi connectivity index (χ4n) is 1.15. The molecule has 0 aliphatic rings. The summed E-state index contributed by atoms with van der Waals surface area (Å²) in [5.74, 6) is 0.220.